The Bertz CT molecular complexity index is 753. The number of halogens is 1. The lowest BCUT2D eigenvalue weighted by Gasteiger charge is -2.07. The molecule has 0 radical (unpaired) electrons. The fourth-order valence-corrected chi connectivity index (χ4v) is 2.11. The summed E-state index contributed by atoms with van der Waals surface area (Å²) < 4.78 is 7.12. The van der Waals surface area contributed by atoms with E-state index in [-0.39, 0.29) is 0 Å². The summed E-state index contributed by atoms with van der Waals surface area (Å²) in [6.45, 7) is 0. The lowest BCUT2D eigenvalue weighted by atomic mass is 10.2. The topological polar surface area (TPSA) is 65.4 Å². The largest absolute Gasteiger partial charge is 0.496 e. The maximum atomic E-state index is 5.97. The predicted molar refractivity (Wildman–Crippen MR) is 74.4 cm³/mol. The Morgan fingerprint density at radius 3 is 2.79 bits per heavy atom. The van der Waals surface area contributed by atoms with E-state index in [0.717, 1.165) is 11.3 Å². The number of nitrogens with zero attached hydrogens (tertiary/aromatic N) is 3. The van der Waals surface area contributed by atoms with Crippen LogP contribution in [0.1, 0.15) is 0 Å². The molecule has 0 spiro atoms. The van der Waals surface area contributed by atoms with E-state index in [2.05, 4.69) is 10.2 Å². The van der Waals surface area contributed by atoms with Gasteiger partial charge in [0.25, 0.3) is 0 Å². The Balaban J connectivity index is 2.29. The van der Waals surface area contributed by atoms with E-state index in [9.17, 15) is 0 Å². The molecule has 3 rings (SSSR count). The summed E-state index contributed by atoms with van der Waals surface area (Å²) in [6.07, 6.45) is 1.79. The Labute approximate surface area is 114 Å². The van der Waals surface area contributed by atoms with Crippen LogP contribution in [0.4, 0.5) is 5.69 Å². The van der Waals surface area contributed by atoms with Crippen molar-refractivity contribution in [1.82, 2.24) is 14.6 Å². The average Bonchev–Trinajstić information content (AvgIpc) is 2.87. The van der Waals surface area contributed by atoms with Gasteiger partial charge in [0.1, 0.15) is 5.75 Å². The molecule has 0 unspecified atom stereocenters. The summed E-state index contributed by atoms with van der Waals surface area (Å²) in [5, 5.41) is 8.71. The number of anilines is 1. The first-order valence-electron chi connectivity index (χ1n) is 5.64. The van der Waals surface area contributed by atoms with Crippen molar-refractivity contribution in [1.29, 1.82) is 0 Å². The summed E-state index contributed by atoms with van der Waals surface area (Å²) in [5.41, 5.74) is 7.69. The molecule has 5 nitrogen and oxygen atoms in total. The molecule has 0 bridgehead atoms. The number of hydrogen-bond acceptors (Lipinski definition) is 4. The second kappa shape index (κ2) is 4.44. The fourth-order valence-electron chi connectivity index (χ4n) is 1.97. The van der Waals surface area contributed by atoms with Gasteiger partial charge in [0, 0.05) is 6.20 Å². The van der Waals surface area contributed by atoms with E-state index in [0.29, 0.717) is 22.2 Å². The number of aromatic nitrogens is 3. The van der Waals surface area contributed by atoms with E-state index in [1.165, 1.54) is 0 Å². The third kappa shape index (κ3) is 1.79. The molecule has 2 N–H and O–H groups in total. The highest BCUT2D eigenvalue weighted by Crippen LogP contribution is 2.31. The standard InChI is InChI=1S/C13H11ClN4O/c1-19-10-5-3-2-4-8(10)12-16-17-13-11(15)9(14)6-7-18(12)13/h2-7H,15H2,1H3. The average molecular weight is 275 g/mol. The van der Waals surface area contributed by atoms with Gasteiger partial charge in [-0.05, 0) is 18.2 Å². The molecule has 19 heavy (non-hydrogen) atoms. The summed E-state index contributed by atoms with van der Waals surface area (Å²) >= 11 is 5.97. The molecule has 2 aromatic heterocycles. The van der Waals surface area contributed by atoms with E-state index in [4.69, 9.17) is 22.1 Å². The van der Waals surface area contributed by atoms with Gasteiger partial charge < -0.3 is 10.5 Å². The number of nitrogen functional groups attached to an aromatic ring is 1. The summed E-state index contributed by atoms with van der Waals surface area (Å²) in [4.78, 5) is 0. The van der Waals surface area contributed by atoms with Gasteiger partial charge in [-0.3, -0.25) is 4.40 Å². The smallest absolute Gasteiger partial charge is 0.185 e. The number of methoxy groups -OCH3 is 1. The number of benzene rings is 1. The zero-order chi connectivity index (χ0) is 13.4. The lowest BCUT2D eigenvalue weighted by Crippen LogP contribution is -1.96. The molecule has 0 saturated heterocycles. The number of rotatable bonds is 2. The van der Waals surface area contributed by atoms with Crippen LogP contribution >= 0.6 is 11.6 Å². The summed E-state index contributed by atoms with van der Waals surface area (Å²) in [6, 6.07) is 9.32. The Kier molecular flexibility index (Phi) is 2.76. The van der Waals surface area contributed by atoms with Crippen LogP contribution in [-0.2, 0) is 0 Å². The van der Waals surface area contributed by atoms with Gasteiger partial charge in [0.05, 0.1) is 23.4 Å². The summed E-state index contributed by atoms with van der Waals surface area (Å²) in [5.74, 6) is 1.39. The second-order valence-electron chi connectivity index (χ2n) is 3.99. The van der Waals surface area contributed by atoms with Gasteiger partial charge in [0.15, 0.2) is 11.5 Å². The first kappa shape index (κ1) is 11.8. The van der Waals surface area contributed by atoms with Gasteiger partial charge in [-0.15, -0.1) is 10.2 Å². The lowest BCUT2D eigenvalue weighted by molar-refractivity contribution is 0.416. The van der Waals surface area contributed by atoms with Crippen LogP contribution in [-0.4, -0.2) is 21.7 Å². The Morgan fingerprint density at radius 2 is 2.00 bits per heavy atom. The van der Waals surface area contributed by atoms with Gasteiger partial charge in [-0.1, -0.05) is 23.7 Å². The van der Waals surface area contributed by atoms with Gasteiger partial charge in [0.2, 0.25) is 0 Å². The van der Waals surface area contributed by atoms with Gasteiger partial charge in [-0.2, -0.15) is 0 Å². The van der Waals surface area contributed by atoms with Crippen LogP contribution in [0, 0.1) is 0 Å². The molecule has 0 saturated carbocycles. The molecule has 0 atom stereocenters. The van der Waals surface area contributed by atoms with Crippen molar-refractivity contribution in [3.8, 4) is 17.1 Å². The zero-order valence-corrected chi connectivity index (χ0v) is 10.9. The molecule has 0 aliphatic heterocycles. The first-order valence-corrected chi connectivity index (χ1v) is 6.02. The molecule has 0 aliphatic carbocycles. The number of nitrogens with two attached hydrogens (primary N) is 1. The maximum absolute atomic E-state index is 5.97. The fraction of sp³-hybridized carbons (Fsp3) is 0.0769. The molecule has 6 heteroatoms. The van der Waals surface area contributed by atoms with E-state index in [1.807, 2.05) is 24.3 Å². The third-order valence-electron chi connectivity index (χ3n) is 2.91. The molecule has 0 amide bonds. The number of fused-ring (bicyclic) bond motifs is 1. The minimum atomic E-state index is 0.415. The van der Waals surface area contributed by atoms with E-state index in [1.54, 1.807) is 23.8 Å². The van der Waals surface area contributed by atoms with E-state index >= 15 is 0 Å². The van der Waals surface area contributed by atoms with Crippen molar-refractivity contribution in [2.75, 3.05) is 12.8 Å². The van der Waals surface area contributed by atoms with E-state index < -0.39 is 0 Å². The minimum Gasteiger partial charge on any atom is -0.496 e. The highest BCUT2D eigenvalue weighted by Gasteiger charge is 2.14. The third-order valence-corrected chi connectivity index (χ3v) is 3.24. The van der Waals surface area contributed by atoms with Crippen LogP contribution in [0.3, 0.4) is 0 Å². The number of pyridine rings is 1. The van der Waals surface area contributed by atoms with Crippen molar-refractivity contribution in [3.05, 3.63) is 41.6 Å². The van der Waals surface area contributed by atoms with Crippen molar-refractivity contribution in [2.24, 2.45) is 0 Å². The maximum Gasteiger partial charge on any atom is 0.185 e. The van der Waals surface area contributed by atoms with Crippen LogP contribution < -0.4 is 10.5 Å². The number of hydrogen-bond donors (Lipinski definition) is 1. The quantitative estimate of drug-likeness (QED) is 0.780. The first-order chi connectivity index (χ1) is 9.22. The Hall–Kier alpha value is -2.27. The monoisotopic (exact) mass is 274 g/mol. The van der Waals surface area contributed by atoms with Crippen molar-refractivity contribution in [3.63, 3.8) is 0 Å². The molecule has 1 aromatic carbocycles. The highest BCUT2D eigenvalue weighted by atomic mass is 35.5. The predicted octanol–water partition coefficient (Wildman–Crippen LogP) is 2.64. The highest BCUT2D eigenvalue weighted by molar-refractivity contribution is 6.33. The minimum absolute atomic E-state index is 0.415. The van der Waals surface area contributed by atoms with Crippen LogP contribution in [0.5, 0.6) is 5.75 Å². The zero-order valence-electron chi connectivity index (χ0n) is 10.2. The second-order valence-corrected chi connectivity index (χ2v) is 4.40. The Morgan fingerprint density at radius 1 is 1.21 bits per heavy atom. The SMILES string of the molecule is COc1ccccc1-c1nnc2c(N)c(Cl)ccn12. The normalized spacial score (nSPS) is 10.8. The van der Waals surface area contributed by atoms with Crippen LogP contribution in [0.25, 0.3) is 17.0 Å². The number of para-hydroxylation sites is 1. The summed E-state index contributed by atoms with van der Waals surface area (Å²) in [7, 11) is 1.62. The van der Waals surface area contributed by atoms with Crippen LogP contribution in [0.2, 0.25) is 5.02 Å². The molecular weight excluding hydrogens is 264 g/mol. The van der Waals surface area contributed by atoms with Crippen molar-refractivity contribution in [2.45, 2.75) is 0 Å². The molecule has 0 fully saturated rings. The number of ether oxygens (including phenoxy) is 1. The van der Waals surface area contributed by atoms with Gasteiger partial charge in [-0.25, -0.2) is 0 Å². The molecule has 3 aromatic rings. The van der Waals surface area contributed by atoms with Gasteiger partial charge >= 0.3 is 0 Å². The van der Waals surface area contributed by atoms with Crippen molar-refractivity contribution >= 4 is 22.9 Å². The molecule has 0 aliphatic rings. The molecular formula is C13H11ClN4O. The van der Waals surface area contributed by atoms with Crippen LogP contribution in [0.15, 0.2) is 36.5 Å². The molecule has 2 heterocycles. The van der Waals surface area contributed by atoms with Crippen molar-refractivity contribution < 1.29 is 4.74 Å². The molecule has 96 valence electrons.